The molecule has 3 N–H and O–H groups in total. The maximum Gasteiger partial charge on any atom is 0.327 e. The van der Waals surface area contributed by atoms with Gasteiger partial charge in [0.15, 0.2) is 10.6 Å². The Hall–Kier alpha value is -3.73. The number of hydrogen-bond donors (Lipinski definition) is 2. The molecule has 1 unspecified atom stereocenters. The number of nitrogen functional groups attached to an aromatic ring is 1. The zero-order valence-corrected chi connectivity index (χ0v) is 22.4. The highest BCUT2D eigenvalue weighted by atomic mass is 32.2. The van der Waals surface area contributed by atoms with Gasteiger partial charge in [0.1, 0.15) is 23.2 Å². The second kappa shape index (κ2) is 12.0. The Morgan fingerprint density at radius 1 is 0.730 bits per heavy atom. The molecule has 0 saturated heterocycles. The number of hydrogen-bond acceptors (Lipinski definition) is 6. The number of aliphatic hydroxyl groups is 1. The normalized spacial score (nSPS) is 12.8. The van der Waals surface area contributed by atoms with E-state index in [1.165, 1.54) is 26.0 Å². The Balaban J connectivity index is 2.14. The van der Waals surface area contributed by atoms with E-state index in [-0.39, 0.29) is 5.95 Å². The summed E-state index contributed by atoms with van der Waals surface area (Å²) in [6.07, 6.45) is 0. The zero-order chi connectivity index (χ0) is 26.3. The second-order valence-corrected chi connectivity index (χ2v) is 12.7. The molecule has 7 heteroatoms. The summed E-state index contributed by atoms with van der Waals surface area (Å²) in [7, 11) is -0.119. The van der Waals surface area contributed by atoms with Crippen molar-refractivity contribution in [3.05, 3.63) is 127 Å². The van der Waals surface area contributed by atoms with Crippen LogP contribution in [0.3, 0.4) is 0 Å². The number of esters is 1. The van der Waals surface area contributed by atoms with Crippen LogP contribution < -0.4 is 21.6 Å². The number of thioether (sulfide) groups is 1. The van der Waals surface area contributed by atoms with Crippen LogP contribution in [0.5, 0.6) is 0 Å². The smallest absolute Gasteiger partial charge is 0.327 e. The number of carbonyl (C=O) groups is 1. The number of ether oxygens (including phenoxy) is 2. The van der Waals surface area contributed by atoms with Crippen LogP contribution in [0.2, 0.25) is 0 Å². The monoisotopic (exact) mass is 530 g/mol. The molecule has 0 amide bonds. The first-order chi connectivity index (χ1) is 18.0. The molecule has 0 spiro atoms. The van der Waals surface area contributed by atoms with Crippen molar-refractivity contribution < 1.29 is 19.4 Å². The lowest BCUT2D eigenvalue weighted by atomic mass is 10.3. The van der Waals surface area contributed by atoms with Crippen LogP contribution in [0.1, 0.15) is 0 Å². The van der Waals surface area contributed by atoms with Gasteiger partial charge in [-0.25, -0.2) is 0 Å². The van der Waals surface area contributed by atoms with Gasteiger partial charge in [0.25, 0.3) is 0 Å². The van der Waals surface area contributed by atoms with E-state index in [9.17, 15) is 9.90 Å². The highest BCUT2D eigenvalue weighted by molar-refractivity contribution is 8.04. The molecule has 0 saturated carbocycles. The molecular formula is C30H29NO4PS+. The van der Waals surface area contributed by atoms with Crippen molar-refractivity contribution in [2.75, 3.05) is 20.0 Å². The summed E-state index contributed by atoms with van der Waals surface area (Å²) in [6.45, 7) is 0. The van der Waals surface area contributed by atoms with Crippen molar-refractivity contribution in [2.45, 2.75) is 10.1 Å². The van der Waals surface area contributed by atoms with Crippen molar-refractivity contribution in [1.29, 1.82) is 0 Å². The summed E-state index contributed by atoms with van der Waals surface area (Å²) in [4.78, 5) is 14.3. The summed E-state index contributed by atoms with van der Waals surface area (Å²) in [6, 6.07) is 37.2. The third kappa shape index (κ3) is 5.22. The van der Waals surface area contributed by atoms with Gasteiger partial charge in [0, 0.05) is 10.6 Å². The number of benzene rings is 4. The molecule has 1 atom stereocenters. The first kappa shape index (κ1) is 26.3. The number of para-hydroxylation sites is 1. The van der Waals surface area contributed by atoms with Gasteiger partial charge in [-0.2, -0.15) is 0 Å². The lowest BCUT2D eigenvalue weighted by Crippen LogP contribution is -2.38. The van der Waals surface area contributed by atoms with Gasteiger partial charge in [-0.1, -0.05) is 66.7 Å². The quantitative estimate of drug-likeness (QED) is 0.101. The molecule has 0 aromatic heterocycles. The summed E-state index contributed by atoms with van der Waals surface area (Å²) in [5, 5.41) is 13.9. The zero-order valence-electron chi connectivity index (χ0n) is 20.7. The van der Waals surface area contributed by atoms with Crippen molar-refractivity contribution >= 4 is 46.6 Å². The maximum atomic E-state index is 13.6. The number of anilines is 1. The summed E-state index contributed by atoms with van der Waals surface area (Å²) < 4.78 is 10.9. The Kier molecular flexibility index (Phi) is 8.54. The molecule has 0 aliphatic carbocycles. The van der Waals surface area contributed by atoms with E-state index < -0.39 is 18.5 Å². The molecule has 0 bridgehead atoms. The van der Waals surface area contributed by atoms with E-state index in [1.54, 1.807) is 6.07 Å². The first-order valence-electron chi connectivity index (χ1n) is 11.7. The fourth-order valence-corrected chi connectivity index (χ4v) is 10.5. The predicted octanol–water partition coefficient (Wildman–Crippen LogP) is 5.27. The van der Waals surface area contributed by atoms with Crippen molar-refractivity contribution in [2.24, 2.45) is 0 Å². The second-order valence-electron chi connectivity index (χ2n) is 8.13. The minimum atomic E-state index is -2.87. The summed E-state index contributed by atoms with van der Waals surface area (Å²) in [5.41, 5.74) is 6.82. The van der Waals surface area contributed by atoms with Crippen LogP contribution in [0.4, 0.5) is 5.69 Å². The number of carbonyl (C=O) groups excluding carboxylic acids is 1. The summed E-state index contributed by atoms with van der Waals surface area (Å²) >= 11 is 1.24. The molecule has 5 nitrogen and oxygen atoms in total. The Morgan fingerprint density at radius 2 is 1.16 bits per heavy atom. The molecule has 0 radical (unpaired) electrons. The lowest BCUT2D eigenvalue weighted by molar-refractivity contribution is -0.139. The average molecular weight is 531 g/mol. The maximum absolute atomic E-state index is 13.6. The van der Waals surface area contributed by atoms with Crippen LogP contribution in [-0.2, 0) is 14.3 Å². The Morgan fingerprint density at radius 3 is 1.57 bits per heavy atom. The number of methoxy groups -OCH3 is 2. The van der Waals surface area contributed by atoms with Gasteiger partial charge < -0.3 is 20.3 Å². The SMILES string of the molecule is COC(=O)C(Sc1ccccc1N)/C(=C(/O)OC)[P+](c1ccccc1)(c1ccccc1)c1ccccc1. The number of aliphatic hydroxyl groups excluding tert-OH is 1. The minimum Gasteiger partial charge on any atom is -0.478 e. The van der Waals surface area contributed by atoms with Crippen LogP contribution in [0, 0.1) is 0 Å². The molecular weight excluding hydrogens is 501 g/mol. The van der Waals surface area contributed by atoms with Crippen LogP contribution in [-0.4, -0.2) is 30.5 Å². The molecule has 188 valence electrons. The molecule has 0 heterocycles. The molecule has 0 fully saturated rings. The van der Waals surface area contributed by atoms with E-state index >= 15 is 0 Å². The van der Waals surface area contributed by atoms with Crippen LogP contribution >= 0.6 is 19.0 Å². The lowest BCUT2D eigenvalue weighted by Gasteiger charge is -2.32. The van der Waals surface area contributed by atoms with Crippen molar-refractivity contribution in [3.8, 4) is 0 Å². The molecule has 37 heavy (non-hydrogen) atoms. The van der Waals surface area contributed by atoms with Gasteiger partial charge in [-0.05, 0) is 48.5 Å². The van der Waals surface area contributed by atoms with E-state index in [0.29, 0.717) is 15.9 Å². The largest absolute Gasteiger partial charge is 0.478 e. The fourth-order valence-electron chi connectivity index (χ4n) is 4.39. The predicted molar refractivity (Wildman–Crippen MR) is 154 cm³/mol. The molecule has 0 aliphatic heterocycles. The van der Waals surface area contributed by atoms with Gasteiger partial charge in [-0.3, -0.25) is 4.79 Å². The van der Waals surface area contributed by atoms with Crippen LogP contribution in [0.15, 0.2) is 131 Å². The molecule has 4 aromatic carbocycles. The number of rotatable bonds is 9. The third-order valence-electron chi connectivity index (χ3n) is 6.03. The standard InChI is InChI=1S/C30H28NO4PS/c1-34-29(32)27(28(30(33)35-2)37-26-21-13-12-20-25(26)31)36(22-14-6-3-7-15-22,23-16-8-4-9-17-23)24-18-10-5-11-19-24/h3-21,28H,31H2,1-2H3/p+1/b29-27+. The first-order valence-corrected chi connectivity index (χ1v) is 14.3. The van der Waals surface area contributed by atoms with E-state index in [0.717, 1.165) is 15.9 Å². The Labute approximate surface area is 222 Å². The number of nitrogens with two attached hydrogens (primary N) is 1. The highest BCUT2D eigenvalue weighted by Gasteiger charge is 2.57. The topological polar surface area (TPSA) is 81.8 Å². The van der Waals surface area contributed by atoms with Gasteiger partial charge in [-0.15, -0.1) is 11.8 Å². The molecule has 0 aliphatic rings. The summed E-state index contributed by atoms with van der Waals surface area (Å²) in [5.74, 6) is -0.832. The van der Waals surface area contributed by atoms with Crippen molar-refractivity contribution in [1.82, 2.24) is 0 Å². The fraction of sp³-hybridized carbons (Fsp3) is 0.100. The minimum absolute atomic E-state index is 0.317. The highest BCUT2D eigenvalue weighted by Crippen LogP contribution is 2.66. The van der Waals surface area contributed by atoms with Gasteiger partial charge >= 0.3 is 11.9 Å². The van der Waals surface area contributed by atoms with E-state index in [4.69, 9.17) is 15.2 Å². The van der Waals surface area contributed by atoms with Gasteiger partial charge in [0.2, 0.25) is 0 Å². The van der Waals surface area contributed by atoms with Crippen LogP contribution in [0.25, 0.3) is 0 Å². The van der Waals surface area contributed by atoms with Gasteiger partial charge in [0.05, 0.1) is 14.2 Å². The average Bonchev–Trinajstić information content (AvgIpc) is 2.96. The third-order valence-corrected chi connectivity index (χ3v) is 11.9. The molecule has 4 aromatic rings. The Bertz CT molecular complexity index is 1270. The molecule has 4 rings (SSSR count). The van der Waals surface area contributed by atoms with E-state index in [1.807, 2.05) is 109 Å². The van der Waals surface area contributed by atoms with Crippen molar-refractivity contribution in [3.63, 3.8) is 0 Å². The van der Waals surface area contributed by atoms with E-state index in [2.05, 4.69) is 0 Å².